The first kappa shape index (κ1) is 14.5. The molecule has 0 aliphatic rings. The number of hydrogen-bond donors (Lipinski definition) is 0. The van der Waals surface area contributed by atoms with Gasteiger partial charge in [-0.2, -0.15) is 0 Å². The van der Waals surface area contributed by atoms with Crippen LogP contribution in [0.3, 0.4) is 0 Å². The maximum atomic E-state index is 12.2. The number of aryl methyl sites for hydroxylation is 1. The Morgan fingerprint density at radius 3 is 2.80 bits per heavy atom. The monoisotopic (exact) mass is 292 g/mol. The lowest BCUT2D eigenvalue weighted by molar-refractivity contribution is 0.0764. The zero-order chi connectivity index (χ0) is 14.5. The van der Waals surface area contributed by atoms with Crippen LogP contribution in [0.15, 0.2) is 42.6 Å². The number of hydrogen-bond acceptors (Lipinski definition) is 2. The maximum Gasteiger partial charge on any atom is 0.270 e. The van der Waals surface area contributed by atoms with Crippen LogP contribution in [0.2, 0.25) is 5.02 Å². The Balaban J connectivity index is 1.85. The van der Waals surface area contributed by atoms with E-state index in [4.69, 9.17) is 16.3 Å². The van der Waals surface area contributed by atoms with Crippen LogP contribution in [0.25, 0.3) is 0 Å². The molecule has 0 saturated carbocycles. The molecule has 0 unspecified atom stereocenters. The largest absolute Gasteiger partial charge is 0.492 e. The van der Waals surface area contributed by atoms with Crippen molar-refractivity contribution in [3.8, 4) is 5.75 Å². The van der Waals surface area contributed by atoms with E-state index in [1.165, 1.54) is 0 Å². The summed E-state index contributed by atoms with van der Waals surface area (Å²) >= 11 is 5.87. The SMILES string of the molecule is CN(CCOc1cccc(Cl)c1)C(=O)c1cccn1C. The van der Waals surface area contributed by atoms with Crippen molar-refractivity contribution in [1.29, 1.82) is 0 Å². The third-order valence-electron chi connectivity index (χ3n) is 3.00. The summed E-state index contributed by atoms with van der Waals surface area (Å²) in [6.07, 6.45) is 1.85. The number of ether oxygens (including phenoxy) is 1. The highest BCUT2D eigenvalue weighted by Gasteiger charge is 2.13. The van der Waals surface area contributed by atoms with Crippen LogP contribution in [0, 0.1) is 0 Å². The minimum absolute atomic E-state index is 0.0211. The topological polar surface area (TPSA) is 34.5 Å². The first-order valence-electron chi connectivity index (χ1n) is 6.33. The smallest absolute Gasteiger partial charge is 0.270 e. The van der Waals surface area contributed by atoms with Crippen LogP contribution in [0.4, 0.5) is 0 Å². The van der Waals surface area contributed by atoms with Gasteiger partial charge in [0.25, 0.3) is 5.91 Å². The molecule has 0 aliphatic carbocycles. The van der Waals surface area contributed by atoms with Gasteiger partial charge >= 0.3 is 0 Å². The summed E-state index contributed by atoms with van der Waals surface area (Å²) in [5, 5.41) is 0.635. The number of rotatable bonds is 5. The van der Waals surface area contributed by atoms with Gasteiger partial charge in [0, 0.05) is 25.3 Å². The van der Waals surface area contributed by atoms with E-state index in [0.717, 1.165) is 0 Å². The molecule has 0 N–H and O–H groups in total. The van der Waals surface area contributed by atoms with Crippen molar-refractivity contribution in [2.45, 2.75) is 0 Å². The van der Waals surface area contributed by atoms with Crippen LogP contribution < -0.4 is 4.74 Å². The number of amides is 1. The molecular weight excluding hydrogens is 276 g/mol. The average molecular weight is 293 g/mol. The van der Waals surface area contributed by atoms with E-state index in [9.17, 15) is 4.79 Å². The first-order chi connectivity index (χ1) is 9.58. The number of halogens is 1. The molecule has 2 aromatic rings. The lowest BCUT2D eigenvalue weighted by Crippen LogP contribution is -2.32. The quantitative estimate of drug-likeness (QED) is 0.849. The Hall–Kier alpha value is -1.94. The Labute approximate surface area is 123 Å². The minimum atomic E-state index is -0.0211. The number of likely N-dealkylation sites (N-methyl/N-ethyl adjacent to an activating group) is 1. The van der Waals surface area contributed by atoms with E-state index in [0.29, 0.717) is 29.6 Å². The normalized spacial score (nSPS) is 10.3. The Kier molecular flexibility index (Phi) is 4.69. The predicted molar refractivity (Wildman–Crippen MR) is 79.3 cm³/mol. The molecule has 0 bridgehead atoms. The summed E-state index contributed by atoms with van der Waals surface area (Å²) < 4.78 is 7.37. The number of benzene rings is 1. The minimum Gasteiger partial charge on any atom is -0.492 e. The van der Waals surface area contributed by atoms with Crippen molar-refractivity contribution in [1.82, 2.24) is 9.47 Å². The number of carbonyl (C=O) groups excluding carboxylic acids is 1. The predicted octanol–water partition coefficient (Wildman–Crippen LogP) is 2.83. The molecule has 1 heterocycles. The van der Waals surface area contributed by atoms with Crippen molar-refractivity contribution in [3.63, 3.8) is 0 Å². The number of carbonyl (C=O) groups is 1. The van der Waals surface area contributed by atoms with Gasteiger partial charge in [-0.3, -0.25) is 4.79 Å². The van der Waals surface area contributed by atoms with Crippen molar-refractivity contribution < 1.29 is 9.53 Å². The van der Waals surface area contributed by atoms with Gasteiger partial charge in [0.15, 0.2) is 0 Å². The molecule has 0 saturated heterocycles. The van der Waals surface area contributed by atoms with Crippen LogP contribution in [0.5, 0.6) is 5.75 Å². The molecular formula is C15H17ClN2O2. The van der Waals surface area contributed by atoms with E-state index in [-0.39, 0.29) is 5.91 Å². The second-order valence-corrected chi connectivity index (χ2v) is 4.97. The third-order valence-corrected chi connectivity index (χ3v) is 3.24. The molecule has 1 aromatic carbocycles. The van der Waals surface area contributed by atoms with Gasteiger partial charge in [0.1, 0.15) is 18.1 Å². The highest BCUT2D eigenvalue weighted by atomic mass is 35.5. The standard InChI is InChI=1S/C15H17ClN2O2/c1-17-8-4-7-14(17)15(19)18(2)9-10-20-13-6-3-5-12(16)11-13/h3-8,11H,9-10H2,1-2H3. The van der Waals surface area contributed by atoms with Crippen molar-refractivity contribution in [2.75, 3.05) is 20.2 Å². The molecule has 0 spiro atoms. The molecule has 1 amide bonds. The lowest BCUT2D eigenvalue weighted by Gasteiger charge is -2.17. The Bertz CT molecular complexity index is 595. The summed E-state index contributed by atoms with van der Waals surface area (Å²) in [7, 11) is 3.61. The zero-order valence-corrected chi connectivity index (χ0v) is 12.3. The average Bonchev–Trinajstić information content (AvgIpc) is 2.84. The van der Waals surface area contributed by atoms with Crippen molar-refractivity contribution in [3.05, 3.63) is 53.3 Å². The molecule has 0 fully saturated rings. The number of aromatic nitrogens is 1. The second-order valence-electron chi connectivity index (χ2n) is 4.54. The summed E-state index contributed by atoms with van der Waals surface area (Å²) in [4.78, 5) is 13.8. The van der Waals surface area contributed by atoms with Crippen LogP contribution in [0.1, 0.15) is 10.5 Å². The molecule has 5 heteroatoms. The van der Waals surface area contributed by atoms with Crippen LogP contribution in [-0.4, -0.2) is 35.6 Å². The summed E-state index contributed by atoms with van der Waals surface area (Å²) in [6.45, 7) is 0.934. The third kappa shape index (κ3) is 3.54. The molecule has 0 atom stereocenters. The first-order valence-corrected chi connectivity index (χ1v) is 6.71. The van der Waals surface area contributed by atoms with Gasteiger partial charge in [-0.15, -0.1) is 0 Å². The van der Waals surface area contributed by atoms with Gasteiger partial charge in [-0.25, -0.2) is 0 Å². The van der Waals surface area contributed by atoms with Crippen LogP contribution >= 0.6 is 11.6 Å². The second kappa shape index (κ2) is 6.48. The van der Waals surface area contributed by atoms with Gasteiger partial charge in [0.05, 0.1) is 6.54 Å². The molecule has 20 heavy (non-hydrogen) atoms. The van der Waals surface area contributed by atoms with Gasteiger partial charge in [-0.1, -0.05) is 17.7 Å². The summed E-state index contributed by atoms with van der Waals surface area (Å²) in [5.74, 6) is 0.685. The molecule has 106 valence electrons. The fourth-order valence-electron chi connectivity index (χ4n) is 1.84. The Morgan fingerprint density at radius 1 is 1.35 bits per heavy atom. The fourth-order valence-corrected chi connectivity index (χ4v) is 2.02. The summed E-state index contributed by atoms with van der Waals surface area (Å²) in [5.41, 5.74) is 0.662. The van der Waals surface area contributed by atoms with Gasteiger partial charge < -0.3 is 14.2 Å². The molecule has 4 nitrogen and oxygen atoms in total. The van der Waals surface area contributed by atoms with Crippen molar-refractivity contribution >= 4 is 17.5 Å². The van der Waals surface area contributed by atoms with Gasteiger partial charge in [0.2, 0.25) is 0 Å². The number of nitrogens with zero attached hydrogens (tertiary/aromatic N) is 2. The highest BCUT2D eigenvalue weighted by molar-refractivity contribution is 6.30. The maximum absolute atomic E-state index is 12.2. The fraction of sp³-hybridized carbons (Fsp3) is 0.267. The van der Waals surface area contributed by atoms with E-state index in [1.54, 1.807) is 34.7 Å². The molecule has 1 aromatic heterocycles. The van der Waals surface area contributed by atoms with E-state index >= 15 is 0 Å². The van der Waals surface area contributed by atoms with Gasteiger partial charge in [-0.05, 0) is 30.3 Å². The summed E-state index contributed by atoms with van der Waals surface area (Å²) in [6, 6.07) is 10.9. The molecule has 0 radical (unpaired) electrons. The highest BCUT2D eigenvalue weighted by Crippen LogP contribution is 2.16. The van der Waals surface area contributed by atoms with Crippen LogP contribution in [-0.2, 0) is 7.05 Å². The Morgan fingerprint density at radius 2 is 2.15 bits per heavy atom. The van der Waals surface area contributed by atoms with E-state index < -0.39 is 0 Å². The zero-order valence-electron chi connectivity index (χ0n) is 11.5. The van der Waals surface area contributed by atoms with E-state index in [1.807, 2.05) is 31.4 Å². The molecule has 0 aliphatic heterocycles. The molecule has 2 rings (SSSR count). The lowest BCUT2D eigenvalue weighted by atomic mass is 10.3. The van der Waals surface area contributed by atoms with Crippen molar-refractivity contribution in [2.24, 2.45) is 7.05 Å². The van der Waals surface area contributed by atoms with E-state index in [2.05, 4.69) is 0 Å².